The monoisotopic (exact) mass is 340 g/mol. The van der Waals surface area contributed by atoms with Gasteiger partial charge in [0.15, 0.2) is 11.5 Å². The molecule has 0 bridgehead atoms. The van der Waals surface area contributed by atoms with E-state index in [1.807, 2.05) is 24.3 Å². The highest BCUT2D eigenvalue weighted by atomic mass is 16.6. The van der Waals surface area contributed by atoms with Crippen LogP contribution in [0, 0.1) is 10.1 Å². The number of nitro groups is 1. The molecule has 0 aliphatic heterocycles. The van der Waals surface area contributed by atoms with Crippen LogP contribution in [-0.2, 0) is 0 Å². The first-order valence-corrected chi connectivity index (χ1v) is 8.28. The highest BCUT2D eigenvalue weighted by Crippen LogP contribution is 2.33. The van der Waals surface area contributed by atoms with Crippen molar-refractivity contribution >= 4 is 17.8 Å². The maximum atomic E-state index is 11.1. The molecule has 0 spiro atoms. The molecule has 0 atom stereocenters. The summed E-state index contributed by atoms with van der Waals surface area (Å²) in [5.74, 6) is 1.40. The lowest BCUT2D eigenvalue weighted by Crippen LogP contribution is -2.11. The maximum absolute atomic E-state index is 11.1. The zero-order chi connectivity index (χ0) is 17.6. The van der Waals surface area contributed by atoms with Crippen molar-refractivity contribution in [3.05, 3.63) is 57.9 Å². The van der Waals surface area contributed by atoms with E-state index in [0.29, 0.717) is 17.1 Å². The molecule has 1 fully saturated rings. The Morgan fingerprint density at radius 3 is 2.72 bits per heavy atom. The Balaban J connectivity index is 1.84. The van der Waals surface area contributed by atoms with E-state index >= 15 is 0 Å². The quantitative estimate of drug-likeness (QED) is 0.572. The third-order valence-electron chi connectivity index (χ3n) is 4.27. The van der Waals surface area contributed by atoms with Gasteiger partial charge in [-0.3, -0.25) is 15.1 Å². The normalized spacial score (nSPS) is 14.8. The molecule has 2 aromatic rings. The molecule has 3 rings (SSSR count). The molecule has 0 amide bonds. The van der Waals surface area contributed by atoms with Crippen LogP contribution < -0.4 is 9.47 Å². The first-order chi connectivity index (χ1) is 12.2. The highest BCUT2D eigenvalue weighted by molar-refractivity contribution is 5.74. The Labute approximate surface area is 146 Å². The van der Waals surface area contributed by atoms with Crippen LogP contribution >= 0.6 is 0 Å². The fourth-order valence-electron chi connectivity index (χ4n) is 2.95. The maximum Gasteiger partial charge on any atom is 0.294 e. The number of hydrogen-bond acceptors (Lipinski definition) is 5. The number of benzene rings is 1. The van der Waals surface area contributed by atoms with Crippen molar-refractivity contribution in [1.82, 2.24) is 4.98 Å². The number of rotatable bonds is 6. The van der Waals surface area contributed by atoms with Crippen LogP contribution in [-0.4, -0.2) is 23.1 Å². The van der Waals surface area contributed by atoms with E-state index < -0.39 is 4.92 Å². The summed E-state index contributed by atoms with van der Waals surface area (Å²) in [4.78, 5) is 14.4. The molecule has 1 heterocycles. The van der Waals surface area contributed by atoms with Gasteiger partial charge in [-0.1, -0.05) is 12.1 Å². The van der Waals surface area contributed by atoms with Crippen molar-refractivity contribution < 1.29 is 14.4 Å². The van der Waals surface area contributed by atoms with Crippen molar-refractivity contribution in [2.75, 3.05) is 7.11 Å². The molecular weight excluding hydrogens is 320 g/mol. The van der Waals surface area contributed by atoms with Crippen molar-refractivity contribution in [2.24, 2.45) is 0 Å². The van der Waals surface area contributed by atoms with E-state index in [9.17, 15) is 10.1 Å². The first kappa shape index (κ1) is 17.0. The second kappa shape index (κ2) is 7.79. The Bertz CT molecular complexity index is 783. The lowest BCUT2D eigenvalue weighted by Gasteiger charge is -2.16. The van der Waals surface area contributed by atoms with Crippen LogP contribution in [0.5, 0.6) is 11.5 Å². The van der Waals surface area contributed by atoms with Gasteiger partial charge in [-0.2, -0.15) is 0 Å². The minimum atomic E-state index is -0.435. The zero-order valence-corrected chi connectivity index (χ0v) is 14.1. The number of hydrogen-bond donors (Lipinski definition) is 0. The molecule has 25 heavy (non-hydrogen) atoms. The Hall–Kier alpha value is -2.89. The summed E-state index contributed by atoms with van der Waals surface area (Å²) in [5, 5.41) is 11.1. The Morgan fingerprint density at radius 1 is 1.20 bits per heavy atom. The lowest BCUT2D eigenvalue weighted by molar-refractivity contribution is -0.385. The molecule has 6 nitrogen and oxygen atoms in total. The van der Waals surface area contributed by atoms with E-state index in [0.717, 1.165) is 18.4 Å². The van der Waals surface area contributed by atoms with Gasteiger partial charge in [0.25, 0.3) is 5.69 Å². The average Bonchev–Trinajstić information content (AvgIpc) is 3.13. The number of ether oxygens (including phenoxy) is 2. The lowest BCUT2D eigenvalue weighted by atomic mass is 10.1. The molecule has 0 unspecified atom stereocenters. The number of pyridine rings is 1. The van der Waals surface area contributed by atoms with Crippen LogP contribution in [0.4, 0.5) is 5.69 Å². The summed E-state index contributed by atoms with van der Waals surface area (Å²) < 4.78 is 11.5. The van der Waals surface area contributed by atoms with Gasteiger partial charge in [0.1, 0.15) is 6.20 Å². The molecule has 1 aliphatic carbocycles. The fourth-order valence-corrected chi connectivity index (χ4v) is 2.95. The molecule has 1 aliphatic rings. The summed E-state index contributed by atoms with van der Waals surface area (Å²) in [6.07, 6.45) is 11.1. The van der Waals surface area contributed by atoms with Crippen molar-refractivity contribution in [2.45, 2.75) is 31.8 Å². The number of nitrogens with zero attached hydrogens (tertiary/aromatic N) is 2. The number of methoxy groups -OCH3 is 1. The molecule has 0 radical (unpaired) electrons. The van der Waals surface area contributed by atoms with Gasteiger partial charge in [-0.25, -0.2) is 0 Å². The summed E-state index contributed by atoms with van der Waals surface area (Å²) in [7, 11) is 1.62. The second-order valence-electron chi connectivity index (χ2n) is 5.96. The van der Waals surface area contributed by atoms with Crippen LogP contribution in [0.25, 0.3) is 12.2 Å². The standard InChI is InChI=1S/C19H20N2O4/c1-24-18-9-7-14(12-19(18)25-16-4-2-3-5-16)6-8-15-10-11-20-13-17(15)21(22)23/h6-13,16H,2-5H2,1H3/b8-6+. The van der Waals surface area contributed by atoms with Crippen molar-refractivity contribution in [3.63, 3.8) is 0 Å². The van der Waals surface area contributed by atoms with Crippen LogP contribution in [0.3, 0.4) is 0 Å². The summed E-state index contributed by atoms with van der Waals surface area (Å²) >= 11 is 0. The van der Waals surface area contributed by atoms with E-state index in [4.69, 9.17) is 9.47 Å². The molecule has 0 N–H and O–H groups in total. The second-order valence-corrected chi connectivity index (χ2v) is 5.96. The predicted octanol–water partition coefficient (Wildman–Crippen LogP) is 4.49. The molecule has 130 valence electrons. The molecular formula is C19H20N2O4. The van der Waals surface area contributed by atoms with Gasteiger partial charge < -0.3 is 9.47 Å². The van der Waals surface area contributed by atoms with Gasteiger partial charge in [-0.15, -0.1) is 0 Å². The molecule has 6 heteroatoms. The average molecular weight is 340 g/mol. The van der Waals surface area contributed by atoms with E-state index in [1.165, 1.54) is 25.2 Å². The summed E-state index contributed by atoms with van der Waals surface area (Å²) in [5.41, 5.74) is 1.38. The summed E-state index contributed by atoms with van der Waals surface area (Å²) in [6.45, 7) is 0. The topological polar surface area (TPSA) is 74.5 Å². The van der Waals surface area contributed by atoms with Gasteiger partial charge in [0.05, 0.1) is 23.7 Å². The third kappa shape index (κ3) is 4.15. The Morgan fingerprint density at radius 2 is 2.00 bits per heavy atom. The van der Waals surface area contributed by atoms with E-state index in [1.54, 1.807) is 19.3 Å². The third-order valence-corrected chi connectivity index (χ3v) is 4.27. The minimum absolute atomic E-state index is 0.0188. The predicted molar refractivity (Wildman–Crippen MR) is 95.7 cm³/mol. The van der Waals surface area contributed by atoms with Gasteiger partial charge in [-0.05, 0) is 55.5 Å². The van der Waals surface area contributed by atoms with Crippen molar-refractivity contribution in [3.8, 4) is 11.5 Å². The zero-order valence-electron chi connectivity index (χ0n) is 14.1. The molecule has 0 saturated heterocycles. The molecule has 1 saturated carbocycles. The van der Waals surface area contributed by atoms with Crippen LogP contribution in [0.1, 0.15) is 36.8 Å². The van der Waals surface area contributed by atoms with Crippen LogP contribution in [0.2, 0.25) is 0 Å². The highest BCUT2D eigenvalue weighted by Gasteiger charge is 2.18. The fraction of sp³-hybridized carbons (Fsp3) is 0.316. The molecule has 1 aromatic carbocycles. The van der Waals surface area contributed by atoms with Crippen molar-refractivity contribution in [1.29, 1.82) is 0 Å². The van der Waals surface area contributed by atoms with E-state index in [2.05, 4.69) is 4.98 Å². The Kier molecular flexibility index (Phi) is 5.28. The first-order valence-electron chi connectivity index (χ1n) is 8.28. The smallest absolute Gasteiger partial charge is 0.294 e. The van der Waals surface area contributed by atoms with E-state index in [-0.39, 0.29) is 11.8 Å². The van der Waals surface area contributed by atoms with Crippen LogP contribution in [0.15, 0.2) is 36.7 Å². The van der Waals surface area contributed by atoms with Gasteiger partial charge in [0.2, 0.25) is 0 Å². The van der Waals surface area contributed by atoms with Gasteiger partial charge in [0, 0.05) is 6.20 Å². The minimum Gasteiger partial charge on any atom is -0.493 e. The summed E-state index contributed by atoms with van der Waals surface area (Å²) in [6, 6.07) is 7.27. The largest absolute Gasteiger partial charge is 0.493 e. The SMILES string of the molecule is COc1ccc(/C=C/c2ccncc2[N+](=O)[O-])cc1OC1CCCC1. The molecule has 1 aromatic heterocycles. The van der Waals surface area contributed by atoms with Gasteiger partial charge >= 0.3 is 0 Å². The number of aromatic nitrogens is 1.